The van der Waals surface area contributed by atoms with E-state index in [9.17, 15) is 13.6 Å². The third-order valence-corrected chi connectivity index (χ3v) is 9.03. The SMILES string of the molecule is C=C1CC2(CCN(CCC(C(=O)N(C)Cc3cccc(F)c3)c3ccc(Cl)c(Cl)c3)CC2)c2cc(F)ccc2N1. The fourth-order valence-corrected chi connectivity index (χ4v) is 6.49. The van der Waals surface area contributed by atoms with Gasteiger partial charge in [0.05, 0.1) is 16.0 Å². The van der Waals surface area contributed by atoms with E-state index in [1.54, 1.807) is 42.3 Å². The number of allylic oxidation sites excluding steroid dienone is 1. The molecule has 2 heterocycles. The standard InChI is InChI=1S/C32H33Cl2F2N3O/c1-21-19-32(27-18-25(36)7-9-30(27)37-21)11-14-39(15-12-32)13-10-26(23-6-8-28(33)29(34)17-23)31(40)38(2)20-22-4-3-5-24(35)16-22/h3-9,16-18,26,37H,1,10-15,19-20H2,2H3. The average molecular weight is 585 g/mol. The second-order valence-electron chi connectivity index (χ2n) is 11.1. The van der Waals surface area contributed by atoms with Gasteiger partial charge >= 0.3 is 0 Å². The predicted molar refractivity (Wildman–Crippen MR) is 158 cm³/mol. The molecule has 1 amide bonds. The molecular weight excluding hydrogens is 551 g/mol. The number of rotatable bonds is 7. The van der Waals surface area contributed by atoms with E-state index in [1.165, 1.54) is 18.2 Å². The van der Waals surface area contributed by atoms with Crippen LogP contribution in [0.5, 0.6) is 0 Å². The summed E-state index contributed by atoms with van der Waals surface area (Å²) in [6, 6.07) is 16.6. The van der Waals surface area contributed by atoms with Gasteiger partial charge in [0.15, 0.2) is 0 Å². The highest BCUT2D eigenvalue weighted by molar-refractivity contribution is 6.42. The van der Waals surface area contributed by atoms with Gasteiger partial charge in [0.25, 0.3) is 0 Å². The number of hydrogen-bond acceptors (Lipinski definition) is 3. The van der Waals surface area contributed by atoms with Crippen LogP contribution in [-0.2, 0) is 16.8 Å². The zero-order valence-electron chi connectivity index (χ0n) is 22.5. The van der Waals surface area contributed by atoms with Crippen LogP contribution in [0.3, 0.4) is 0 Å². The predicted octanol–water partition coefficient (Wildman–Crippen LogP) is 7.77. The lowest BCUT2D eigenvalue weighted by Crippen LogP contribution is -2.45. The van der Waals surface area contributed by atoms with E-state index < -0.39 is 5.92 Å². The normalized spacial score (nSPS) is 17.3. The number of nitrogens with zero attached hydrogens (tertiary/aromatic N) is 2. The van der Waals surface area contributed by atoms with Crippen molar-refractivity contribution in [1.82, 2.24) is 9.80 Å². The van der Waals surface area contributed by atoms with Crippen molar-refractivity contribution in [3.05, 3.63) is 111 Å². The van der Waals surface area contributed by atoms with Crippen molar-refractivity contribution in [2.24, 2.45) is 0 Å². The lowest BCUT2D eigenvalue weighted by atomic mass is 9.67. The second-order valence-corrected chi connectivity index (χ2v) is 11.9. The highest BCUT2D eigenvalue weighted by atomic mass is 35.5. The molecule has 40 heavy (non-hydrogen) atoms. The minimum absolute atomic E-state index is 0.0600. The van der Waals surface area contributed by atoms with E-state index in [0.717, 1.165) is 67.0 Å². The van der Waals surface area contributed by atoms with E-state index in [4.69, 9.17) is 23.2 Å². The molecule has 210 valence electrons. The number of carbonyl (C=O) groups is 1. The molecule has 2 aliphatic rings. The van der Waals surface area contributed by atoms with Gasteiger partial charge in [-0.3, -0.25) is 4.79 Å². The molecule has 0 aliphatic carbocycles. The van der Waals surface area contributed by atoms with Gasteiger partial charge in [-0.1, -0.05) is 48.0 Å². The van der Waals surface area contributed by atoms with Gasteiger partial charge in [-0.15, -0.1) is 0 Å². The van der Waals surface area contributed by atoms with E-state index in [1.807, 2.05) is 12.1 Å². The molecule has 3 aromatic rings. The van der Waals surface area contributed by atoms with Crippen molar-refractivity contribution < 1.29 is 13.6 Å². The van der Waals surface area contributed by atoms with Crippen molar-refractivity contribution in [1.29, 1.82) is 0 Å². The molecular formula is C32H33Cl2F2N3O. The largest absolute Gasteiger partial charge is 0.359 e. The summed E-state index contributed by atoms with van der Waals surface area (Å²) in [6.07, 6.45) is 3.15. The van der Waals surface area contributed by atoms with Crippen LogP contribution >= 0.6 is 23.2 Å². The first-order valence-corrected chi connectivity index (χ1v) is 14.3. The molecule has 1 fully saturated rings. The number of carbonyl (C=O) groups excluding carboxylic acids is 1. The van der Waals surface area contributed by atoms with Crippen molar-refractivity contribution in [2.45, 2.75) is 43.6 Å². The third-order valence-electron chi connectivity index (χ3n) is 8.29. The molecule has 1 spiro atoms. The number of amides is 1. The maximum Gasteiger partial charge on any atom is 0.230 e. The number of hydrogen-bond donors (Lipinski definition) is 1. The lowest BCUT2D eigenvalue weighted by molar-refractivity contribution is -0.132. The van der Waals surface area contributed by atoms with Crippen LogP contribution in [0.25, 0.3) is 0 Å². The minimum Gasteiger partial charge on any atom is -0.359 e. The van der Waals surface area contributed by atoms with Crippen molar-refractivity contribution >= 4 is 34.8 Å². The average Bonchev–Trinajstić information content (AvgIpc) is 2.92. The number of likely N-dealkylation sites (tertiary alicyclic amines) is 1. The molecule has 1 N–H and O–H groups in total. The molecule has 0 saturated carbocycles. The molecule has 2 aliphatic heterocycles. The first kappa shape index (κ1) is 28.6. The summed E-state index contributed by atoms with van der Waals surface area (Å²) in [4.78, 5) is 17.7. The lowest BCUT2D eigenvalue weighted by Gasteiger charge is -2.46. The Balaban J connectivity index is 1.30. The first-order chi connectivity index (χ1) is 19.1. The molecule has 0 bridgehead atoms. The Morgan fingerprint density at radius 3 is 2.52 bits per heavy atom. The minimum atomic E-state index is -0.433. The third kappa shape index (κ3) is 6.19. The summed E-state index contributed by atoms with van der Waals surface area (Å²) in [7, 11) is 1.74. The summed E-state index contributed by atoms with van der Waals surface area (Å²) >= 11 is 12.5. The molecule has 0 aromatic heterocycles. The summed E-state index contributed by atoms with van der Waals surface area (Å²) in [5.74, 6) is -1.04. The molecule has 1 unspecified atom stereocenters. The number of benzene rings is 3. The van der Waals surface area contributed by atoms with E-state index >= 15 is 0 Å². The molecule has 8 heteroatoms. The second kappa shape index (κ2) is 11.9. The van der Waals surface area contributed by atoms with Crippen molar-refractivity contribution in [2.75, 3.05) is 32.0 Å². The highest BCUT2D eigenvalue weighted by Gasteiger charge is 2.41. The van der Waals surface area contributed by atoms with E-state index in [0.29, 0.717) is 23.0 Å². The number of anilines is 1. The summed E-state index contributed by atoms with van der Waals surface area (Å²) in [6.45, 7) is 6.87. The molecule has 1 atom stereocenters. The first-order valence-electron chi connectivity index (χ1n) is 13.6. The van der Waals surface area contributed by atoms with Crippen LogP contribution in [0.2, 0.25) is 10.0 Å². The van der Waals surface area contributed by atoms with Gasteiger partial charge in [0, 0.05) is 30.4 Å². The maximum absolute atomic E-state index is 14.2. The van der Waals surface area contributed by atoms with Gasteiger partial charge in [0.2, 0.25) is 5.91 Å². The van der Waals surface area contributed by atoms with Gasteiger partial charge in [-0.05, 0) is 104 Å². The smallest absolute Gasteiger partial charge is 0.230 e. The van der Waals surface area contributed by atoms with Gasteiger partial charge < -0.3 is 15.1 Å². The van der Waals surface area contributed by atoms with Gasteiger partial charge in [-0.2, -0.15) is 0 Å². The summed E-state index contributed by atoms with van der Waals surface area (Å²) in [5, 5.41) is 4.16. The number of nitrogens with one attached hydrogen (secondary N) is 1. The fourth-order valence-electron chi connectivity index (χ4n) is 6.18. The number of piperidine rings is 1. The Morgan fingerprint density at radius 2 is 1.80 bits per heavy atom. The van der Waals surface area contributed by atoms with Crippen LogP contribution in [0, 0.1) is 11.6 Å². The molecule has 3 aromatic carbocycles. The van der Waals surface area contributed by atoms with Gasteiger partial charge in [-0.25, -0.2) is 8.78 Å². The van der Waals surface area contributed by atoms with Crippen molar-refractivity contribution in [3.63, 3.8) is 0 Å². The molecule has 0 radical (unpaired) electrons. The highest BCUT2D eigenvalue weighted by Crippen LogP contribution is 2.47. The van der Waals surface area contributed by atoms with Crippen LogP contribution in [0.4, 0.5) is 14.5 Å². The van der Waals surface area contributed by atoms with E-state index in [-0.39, 0.29) is 23.0 Å². The molecule has 5 rings (SSSR count). The Bertz CT molecular complexity index is 1420. The van der Waals surface area contributed by atoms with Crippen LogP contribution < -0.4 is 5.32 Å². The molecule has 4 nitrogen and oxygen atoms in total. The molecule has 1 saturated heterocycles. The number of likely N-dealkylation sites (N-methyl/N-ethyl adjacent to an activating group) is 1. The van der Waals surface area contributed by atoms with E-state index in [2.05, 4.69) is 16.8 Å². The Hall–Kier alpha value is -2.93. The Labute approximate surface area is 244 Å². The van der Waals surface area contributed by atoms with Crippen LogP contribution in [0.15, 0.2) is 72.9 Å². The topological polar surface area (TPSA) is 35.6 Å². The van der Waals surface area contributed by atoms with Crippen LogP contribution in [-0.4, -0.2) is 42.4 Å². The quantitative estimate of drug-likeness (QED) is 0.308. The van der Waals surface area contributed by atoms with Gasteiger partial charge in [0.1, 0.15) is 11.6 Å². The zero-order chi connectivity index (χ0) is 28.4. The summed E-state index contributed by atoms with van der Waals surface area (Å²) < 4.78 is 27.9. The summed E-state index contributed by atoms with van der Waals surface area (Å²) in [5.41, 5.74) is 4.32. The Kier molecular flexibility index (Phi) is 8.50. The number of halogens is 4. The number of fused-ring (bicyclic) bond motifs is 2. The van der Waals surface area contributed by atoms with Crippen LogP contribution in [0.1, 0.15) is 48.3 Å². The zero-order valence-corrected chi connectivity index (χ0v) is 24.0. The fraction of sp³-hybridized carbons (Fsp3) is 0.344. The maximum atomic E-state index is 14.2. The Morgan fingerprint density at radius 1 is 1.05 bits per heavy atom. The monoisotopic (exact) mass is 583 g/mol. The van der Waals surface area contributed by atoms with Crippen molar-refractivity contribution in [3.8, 4) is 0 Å².